The molecular formula is C13H17NO6. The summed E-state index contributed by atoms with van der Waals surface area (Å²) in [6, 6.07) is 6.74. The first-order chi connectivity index (χ1) is 9.52. The molecule has 7 heteroatoms. The standard InChI is InChI=1S/C13H17NO6/c1-2-19-9-3-5-10(6-4-9)20-8-12(16)14-7-11(15)13(17)18/h3-6,11,15H,2,7-8H2,1H3,(H,14,16)(H,17,18)/t11-/m0/s1. The van der Waals surface area contributed by atoms with Crippen LogP contribution in [0.15, 0.2) is 24.3 Å². The van der Waals surface area contributed by atoms with Gasteiger partial charge in [0.25, 0.3) is 5.91 Å². The van der Waals surface area contributed by atoms with Crippen molar-refractivity contribution < 1.29 is 29.3 Å². The van der Waals surface area contributed by atoms with Gasteiger partial charge in [-0.1, -0.05) is 0 Å². The molecule has 110 valence electrons. The fourth-order valence-corrected chi connectivity index (χ4v) is 1.30. The van der Waals surface area contributed by atoms with Crippen LogP contribution in [-0.4, -0.2) is 48.0 Å². The highest BCUT2D eigenvalue weighted by molar-refractivity contribution is 5.79. The number of carboxylic acids is 1. The lowest BCUT2D eigenvalue weighted by molar-refractivity contribution is -0.146. The second-order valence-corrected chi connectivity index (χ2v) is 3.85. The highest BCUT2D eigenvalue weighted by Gasteiger charge is 2.14. The number of aliphatic hydroxyl groups excluding tert-OH is 1. The highest BCUT2D eigenvalue weighted by atomic mass is 16.5. The number of carbonyl (C=O) groups is 2. The Labute approximate surface area is 116 Å². The first-order valence-corrected chi connectivity index (χ1v) is 6.06. The van der Waals surface area contributed by atoms with Gasteiger partial charge in [0, 0.05) is 0 Å². The Morgan fingerprint density at radius 1 is 1.20 bits per heavy atom. The number of aliphatic hydroxyl groups is 1. The van der Waals surface area contributed by atoms with E-state index in [-0.39, 0.29) is 13.2 Å². The third-order valence-electron chi connectivity index (χ3n) is 2.28. The van der Waals surface area contributed by atoms with Gasteiger partial charge in [0.05, 0.1) is 13.2 Å². The summed E-state index contributed by atoms with van der Waals surface area (Å²) in [5.74, 6) is -0.715. The van der Waals surface area contributed by atoms with Gasteiger partial charge in [-0.15, -0.1) is 0 Å². The van der Waals surface area contributed by atoms with Gasteiger partial charge in [-0.05, 0) is 31.2 Å². The maximum absolute atomic E-state index is 11.3. The summed E-state index contributed by atoms with van der Waals surface area (Å²) >= 11 is 0. The lowest BCUT2D eigenvalue weighted by Crippen LogP contribution is -2.38. The predicted molar refractivity (Wildman–Crippen MR) is 69.8 cm³/mol. The summed E-state index contributed by atoms with van der Waals surface area (Å²) in [5, 5.41) is 19.6. The van der Waals surface area contributed by atoms with Gasteiger partial charge in [0.1, 0.15) is 11.5 Å². The molecule has 1 aromatic carbocycles. The molecule has 0 spiro atoms. The number of rotatable bonds is 8. The van der Waals surface area contributed by atoms with Crippen LogP contribution in [0.4, 0.5) is 0 Å². The summed E-state index contributed by atoms with van der Waals surface area (Å²) in [6.07, 6.45) is -1.62. The number of hydrogen-bond acceptors (Lipinski definition) is 5. The minimum absolute atomic E-state index is 0.264. The molecule has 1 amide bonds. The zero-order chi connectivity index (χ0) is 15.0. The molecule has 0 unspecified atom stereocenters. The lowest BCUT2D eigenvalue weighted by atomic mass is 10.3. The van der Waals surface area contributed by atoms with E-state index in [1.54, 1.807) is 24.3 Å². The molecule has 1 atom stereocenters. The molecule has 0 aliphatic heterocycles. The number of carbonyl (C=O) groups excluding carboxylic acids is 1. The Hall–Kier alpha value is -2.28. The second-order valence-electron chi connectivity index (χ2n) is 3.85. The number of benzene rings is 1. The summed E-state index contributed by atoms with van der Waals surface area (Å²) in [4.78, 5) is 21.7. The molecule has 3 N–H and O–H groups in total. The molecule has 0 aromatic heterocycles. The molecule has 0 aliphatic carbocycles. The van der Waals surface area contributed by atoms with Crippen LogP contribution < -0.4 is 14.8 Å². The van der Waals surface area contributed by atoms with Crippen LogP contribution in [0.5, 0.6) is 11.5 Å². The lowest BCUT2D eigenvalue weighted by Gasteiger charge is -2.09. The Morgan fingerprint density at radius 2 is 1.75 bits per heavy atom. The van der Waals surface area contributed by atoms with Crippen molar-refractivity contribution in [1.82, 2.24) is 5.32 Å². The molecule has 0 saturated carbocycles. The monoisotopic (exact) mass is 283 g/mol. The van der Waals surface area contributed by atoms with Crippen LogP contribution in [0.25, 0.3) is 0 Å². The van der Waals surface area contributed by atoms with Crippen molar-refractivity contribution in [3.05, 3.63) is 24.3 Å². The third-order valence-corrected chi connectivity index (χ3v) is 2.28. The van der Waals surface area contributed by atoms with Crippen LogP contribution in [0.1, 0.15) is 6.92 Å². The van der Waals surface area contributed by atoms with Gasteiger partial charge < -0.3 is 25.0 Å². The zero-order valence-electron chi connectivity index (χ0n) is 11.0. The van der Waals surface area contributed by atoms with Crippen molar-refractivity contribution in [2.24, 2.45) is 0 Å². The van der Waals surface area contributed by atoms with Crippen molar-refractivity contribution in [3.8, 4) is 11.5 Å². The largest absolute Gasteiger partial charge is 0.494 e. The van der Waals surface area contributed by atoms with Crippen LogP contribution in [0.3, 0.4) is 0 Å². The van der Waals surface area contributed by atoms with Crippen molar-refractivity contribution in [3.63, 3.8) is 0 Å². The Kier molecular flexibility index (Phi) is 6.31. The Balaban J connectivity index is 2.31. The highest BCUT2D eigenvalue weighted by Crippen LogP contribution is 2.17. The molecule has 0 saturated heterocycles. The molecule has 7 nitrogen and oxygen atoms in total. The molecule has 1 rings (SSSR count). The molecule has 1 aromatic rings. The SMILES string of the molecule is CCOc1ccc(OCC(=O)NC[C@H](O)C(=O)O)cc1. The summed E-state index contributed by atoms with van der Waals surface area (Å²) in [5.41, 5.74) is 0. The third kappa shape index (κ3) is 5.57. The summed E-state index contributed by atoms with van der Waals surface area (Å²) in [7, 11) is 0. The summed E-state index contributed by atoms with van der Waals surface area (Å²) < 4.78 is 10.5. The first-order valence-electron chi connectivity index (χ1n) is 6.06. The van der Waals surface area contributed by atoms with Gasteiger partial charge in [-0.25, -0.2) is 4.79 Å². The van der Waals surface area contributed by atoms with Gasteiger partial charge >= 0.3 is 5.97 Å². The smallest absolute Gasteiger partial charge is 0.334 e. The molecule has 0 bridgehead atoms. The minimum atomic E-state index is -1.62. The fraction of sp³-hybridized carbons (Fsp3) is 0.385. The van der Waals surface area contributed by atoms with E-state index in [1.807, 2.05) is 6.92 Å². The number of amides is 1. The normalized spacial score (nSPS) is 11.5. The number of aliphatic carboxylic acids is 1. The second kappa shape index (κ2) is 8.00. The van der Waals surface area contributed by atoms with Crippen molar-refractivity contribution in [1.29, 1.82) is 0 Å². The maximum Gasteiger partial charge on any atom is 0.334 e. The van der Waals surface area contributed by atoms with Crippen molar-refractivity contribution >= 4 is 11.9 Å². The average Bonchev–Trinajstić information content (AvgIpc) is 2.44. The molecule has 0 fully saturated rings. The fourth-order valence-electron chi connectivity index (χ4n) is 1.30. The number of carboxylic acid groups (broad SMARTS) is 1. The van der Waals surface area contributed by atoms with E-state index in [4.69, 9.17) is 19.7 Å². The topological polar surface area (TPSA) is 105 Å². The van der Waals surface area contributed by atoms with E-state index < -0.39 is 18.0 Å². The van der Waals surface area contributed by atoms with Crippen molar-refractivity contribution in [2.45, 2.75) is 13.0 Å². The van der Waals surface area contributed by atoms with Gasteiger partial charge in [0.2, 0.25) is 0 Å². The van der Waals surface area contributed by atoms with Gasteiger partial charge in [-0.3, -0.25) is 4.79 Å². The van der Waals surface area contributed by atoms with E-state index in [9.17, 15) is 9.59 Å². The molecule has 0 radical (unpaired) electrons. The van der Waals surface area contributed by atoms with Crippen LogP contribution >= 0.6 is 0 Å². The molecular weight excluding hydrogens is 266 g/mol. The van der Waals surface area contributed by atoms with Crippen LogP contribution in [-0.2, 0) is 9.59 Å². The Morgan fingerprint density at radius 3 is 2.25 bits per heavy atom. The minimum Gasteiger partial charge on any atom is -0.494 e. The van der Waals surface area contributed by atoms with E-state index in [1.165, 1.54) is 0 Å². The van der Waals surface area contributed by atoms with Crippen LogP contribution in [0, 0.1) is 0 Å². The van der Waals surface area contributed by atoms with Gasteiger partial charge in [0.15, 0.2) is 12.7 Å². The zero-order valence-corrected chi connectivity index (χ0v) is 11.0. The average molecular weight is 283 g/mol. The Bertz CT molecular complexity index is 445. The number of ether oxygens (including phenoxy) is 2. The van der Waals surface area contributed by atoms with E-state index in [0.29, 0.717) is 18.1 Å². The first kappa shape index (κ1) is 15.8. The van der Waals surface area contributed by atoms with Crippen LogP contribution in [0.2, 0.25) is 0 Å². The number of nitrogens with one attached hydrogen (secondary N) is 1. The van der Waals surface area contributed by atoms with Crippen molar-refractivity contribution in [2.75, 3.05) is 19.8 Å². The van der Waals surface area contributed by atoms with E-state index >= 15 is 0 Å². The van der Waals surface area contributed by atoms with E-state index in [2.05, 4.69) is 5.32 Å². The summed E-state index contributed by atoms with van der Waals surface area (Å²) in [6.45, 7) is 1.82. The maximum atomic E-state index is 11.3. The molecule has 0 aliphatic rings. The van der Waals surface area contributed by atoms with Gasteiger partial charge in [-0.2, -0.15) is 0 Å². The molecule has 20 heavy (non-hydrogen) atoms. The molecule has 0 heterocycles. The predicted octanol–water partition coefficient (Wildman–Crippen LogP) is 0.0258. The number of hydrogen-bond donors (Lipinski definition) is 3. The van der Waals surface area contributed by atoms with E-state index in [0.717, 1.165) is 0 Å². The quantitative estimate of drug-likeness (QED) is 0.621.